The number of aryl methyl sites for hydroxylation is 1. The van der Waals surface area contributed by atoms with Crippen LogP contribution in [0.25, 0.3) is 0 Å². The van der Waals surface area contributed by atoms with Gasteiger partial charge in [-0.3, -0.25) is 4.99 Å². The first-order valence-corrected chi connectivity index (χ1v) is 11.5. The van der Waals surface area contributed by atoms with Gasteiger partial charge >= 0.3 is 0 Å². The van der Waals surface area contributed by atoms with Crippen molar-refractivity contribution in [3.63, 3.8) is 0 Å². The number of nitrogens with zero attached hydrogens (tertiary/aromatic N) is 1. The highest BCUT2D eigenvalue weighted by Gasteiger charge is 2.13. The molecule has 0 radical (unpaired) electrons. The molecular formula is C19H29IN4O2S2. The smallest absolute Gasteiger partial charge is 0.250 e. The molecule has 1 aromatic carbocycles. The fourth-order valence-electron chi connectivity index (χ4n) is 2.49. The number of hydrogen-bond donors (Lipinski definition) is 3. The van der Waals surface area contributed by atoms with E-state index in [1.807, 2.05) is 13.0 Å². The summed E-state index contributed by atoms with van der Waals surface area (Å²) < 4.78 is 27.1. The molecule has 0 bridgehead atoms. The maximum Gasteiger partial charge on any atom is 0.250 e. The van der Waals surface area contributed by atoms with Crippen LogP contribution in [0.4, 0.5) is 0 Å². The predicted molar refractivity (Wildman–Crippen MR) is 128 cm³/mol. The second-order valence-electron chi connectivity index (χ2n) is 6.16. The Morgan fingerprint density at radius 2 is 1.93 bits per heavy atom. The van der Waals surface area contributed by atoms with E-state index >= 15 is 0 Å². The quantitative estimate of drug-likeness (QED) is 0.189. The van der Waals surface area contributed by atoms with Crippen molar-refractivity contribution in [1.29, 1.82) is 0 Å². The van der Waals surface area contributed by atoms with Crippen LogP contribution in [0, 0.1) is 0 Å². The number of nitrogens with one attached hydrogen (secondary N) is 3. The van der Waals surface area contributed by atoms with Crippen LogP contribution >= 0.6 is 35.3 Å². The van der Waals surface area contributed by atoms with E-state index in [1.54, 1.807) is 17.5 Å². The zero-order valence-corrected chi connectivity index (χ0v) is 20.2. The molecule has 0 spiro atoms. The zero-order chi connectivity index (χ0) is 19.5. The number of thiophene rings is 1. The molecule has 0 saturated heterocycles. The van der Waals surface area contributed by atoms with Gasteiger partial charge in [-0.1, -0.05) is 36.4 Å². The van der Waals surface area contributed by atoms with Crippen LogP contribution in [-0.4, -0.2) is 40.1 Å². The Morgan fingerprint density at radius 1 is 1.18 bits per heavy atom. The molecule has 0 aliphatic rings. The SMILES string of the molecule is CCNC(=NCCNS(=O)(=O)c1cccs1)NC(C)CCc1ccccc1.I. The Morgan fingerprint density at radius 3 is 2.57 bits per heavy atom. The predicted octanol–water partition coefficient (Wildman–Crippen LogP) is 3.22. The van der Waals surface area contributed by atoms with Gasteiger partial charge in [0.2, 0.25) is 10.0 Å². The molecule has 0 aliphatic heterocycles. The molecule has 1 heterocycles. The minimum Gasteiger partial charge on any atom is -0.357 e. The van der Waals surface area contributed by atoms with Crippen LogP contribution < -0.4 is 15.4 Å². The average molecular weight is 537 g/mol. The molecule has 6 nitrogen and oxygen atoms in total. The van der Waals surface area contributed by atoms with Crippen LogP contribution in [0.1, 0.15) is 25.8 Å². The summed E-state index contributed by atoms with van der Waals surface area (Å²) in [6.45, 7) is 5.50. The third-order valence-corrected chi connectivity index (χ3v) is 6.73. The molecular weight excluding hydrogens is 507 g/mol. The molecule has 156 valence electrons. The van der Waals surface area contributed by atoms with Gasteiger partial charge in [0.25, 0.3) is 0 Å². The number of rotatable bonds is 10. The Balaban J connectivity index is 0.00000392. The van der Waals surface area contributed by atoms with Gasteiger partial charge in [0.1, 0.15) is 4.21 Å². The van der Waals surface area contributed by atoms with Gasteiger partial charge in [-0.2, -0.15) is 0 Å². The van der Waals surface area contributed by atoms with Crippen LogP contribution in [0.3, 0.4) is 0 Å². The molecule has 2 aromatic rings. The number of benzene rings is 1. The minimum atomic E-state index is -3.43. The lowest BCUT2D eigenvalue weighted by atomic mass is 10.1. The van der Waals surface area contributed by atoms with Crippen molar-refractivity contribution in [2.75, 3.05) is 19.6 Å². The summed E-state index contributed by atoms with van der Waals surface area (Å²) in [6, 6.07) is 14.0. The summed E-state index contributed by atoms with van der Waals surface area (Å²) in [5, 5.41) is 8.32. The largest absolute Gasteiger partial charge is 0.357 e. The molecule has 9 heteroatoms. The summed E-state index contributed by atoms with van der Waals surface area (Å²) in [7, 11) is -3.43. The van der Waals surface area contributed by atoms with Gasteiger partial charge in [-0.05, 0) is 43.7 Å². The molecule has 1 atom stereocenters. The fraction of sp³-hybridized carbons (Fsp3) is 0.421. The fourth-order valence-corrected chi connectivity index (χ4v) is 4.55. The standard InChI is InChI=1S/C19H28N4O2S2.HI/c1-3-20-19(23-16(2)11-12-17-8-5-4-6-9-17)21-13-14-22-27(24,25)18-10-7-15-26-18;/h4-10,15-16,22H,3,11-14H2,1-2H3,(H2,20,21,23);1H. The summed E-state index contributed by atoms with van der Waals surface area (Å²) in [4.78, 5) is 4.46. The average Bonchev–Trinajstić information content (AvgIpc) is 3.20. The van der Waals surface area contributed by atoms with Gasteiger partial charge in [-0.25, -0.2) is 13.1 Å². The molecule has 0 aliphatic carbocycles. The highest BCUT2D eigenvalue weighted by molar-refractivity contribution is 14.0. The normalized spacial score (nSPS) is 12.9. The van der Waals surface area contributed by atoms with Gasteiger partial charge in [0.05, 0.1) is 6.54 Å². The van der Waals surface area contributed by atoms with Crippen LogP contribution in [0.2, 0.25) is 0 Å². The number of hydrogen-bond acceptors (Lipinski definition) is 4. The number of halogens is 1. The molecule has 3 N–H and O–H groups in total. The first-order chi connectivity index (χ1) is 13.0. The molecule has 0 fully saturated rings. The Hall–Kier alpha value is -1.17. The zero-order valence-electron chi connectivity index (χ0n) is 16.2. The summed E-state index contributed by atoms with van der Waals surface area (Å²) in [6.07, 6.45) is 1.98. The van der Waals surface area contributed by atoms with Gasteiger partial charge < -0.3 is 10.6 Å². The number of sulfonamides is 1. The van der Waals surface area contributed by atoms with E-state index in [0.717, 1.165) is 19.4 Å². The van der Waals surface area contributed by atoms with Crippen LogP contribution in [0.15, 0.2) is 57.0 Å². The van der Waals surface area contributed by atoms with E-state index in [4.69, 9.17) is 0 Å². The number of guanidine groups is 1. The Bertz CT molecular complexity index is 797. The molecule has 1 aromatic heterocycles. The van der Waals surface area contributed by atoms with Crippen molar-refractivity contribution in [3.8, 4) is 0 Å². The third-order valence-electron chi connectivity index (χ3n) is 3.87. The Kier molecular flexibility index (Phi) is 11.7. The van der Waals surface area contributed by atoms with E-state index in [2.05, 4.69) is 51.5 Å². The monoisotopic (exact) mass is 536 g/mol. The maximum absolute atomic E-state index is 12.1. The van der Waals surface area contributed by atoms with Crippen LogP contribution in [0.5, 0.6) is 0 Å². The molecule has 28 heavy (non-hydrogen) atoms. The van der Waals surface area contributed by atoms with E-state index in [9.17, 15) is 8.42 Å². The van der Waals surface area contributed by atoms with E-state index in [-0.39, 0.29) is 36.6 Å². The van der Waals surface area contributed by atoms with Crippen molar-refractivity contribution < 1.29 is 8.42 Å². The van der Waals surface area contributed by atoms with Gasteiger partial charge in [0.15, 0.2) is 5.96 Å². The topological polar surface area (TPSA) is 82.6 Å². The van der Waals surface area contributed by atoms with E-state index in [0.29, 0.717) is 16.7 Å². The highest BCUT2D eigenvalue weighted by Crippen LogP contribution is 2.14. The summed E-state index contributed by atoms with van der Waals surface area (Å²) >= 11 is 1.20. The minimum absolute atomic E-state index is 0. The van der Waals surface area contributed by atoms with Crippen molar-refractivity contribution in [2.24, 2.45) is 4.99 Å². The van der Waals surface area contributed by atoms with Crippen molar-refractivity contribution in [3.05, 3.63) is 53.4 Å². The van der Waals surface area contributed by atoms with Gasteiger partial charge in [0, 0.05) is 19.1 Å². The molecule has 0 saturated carbocycles. The van der Waals surface area contributed by atoms with Crippen molar-refractivity contribution in [2.45, 2.75) is 36.9 Å². The lowest BCUT2D eigenvalue weighted by Crippen LogP contribution is -2.42. The molecule has 2 rings (SSSR count). The third kappa shape index (κ3) is 8.89. The second kappa shape index (κ2) is 13.1. The number of aliphatic imine (C=N–C) groups is 1. The molecule has 0 amide bonds. The maximum atomic E-state index is 12.1. The highest BCUT2D eigenvalue weighted by atomic mass is 127. The summed E-state index contributed by atoms with van der Waals surface area (Å²) in [5.74, 6) is 0.702. The first-order valence-electron chi connectivity index (χ1n) is 9.13. The van der Waals surface area contributed by atoms with Gasteiger partial charge in [-0.15, -0.1) is 35.3 Å². The van der Waals surface area contributed by atoms with Crippen molar-refractivity contribution in [1.82, 2.24) is 15.4 Å². The summed E-state index contributed by atoms with van der Waals surface area (Å²) in [5.41, 5.74) is 1.32. The molecule has 1 unspecified atom stereocenters. The lowest BCUT2D eigenvalue weighted by Gasteiger charge is -2.18. The van der Waals surface area contributed by atoms with E-state index < -0.39 is 10.0 Å². The van der Waals surface area contributed by atoms with E-state index in [1.165, 1.54) is 16.9 Å². The first kappa shape index (κ1) is 24.9. The Labute approximate surface area is 189 Å². The lowest BCUT2D eigenvalue weighted by molar-refractivity contribution is 0.582. The van der Waals surface area contributed by atoms with Crippen molar-refractivity contribution >= 4 is 51.3 Å². The van der Waals surface area contributed by atoms with Crippen LogP contribution in [-0.2, 0) is 16.4 Å². The second-order valence-corrected chi connectivity index (χ2v) is 9.10.